The summed E-state index contributed by atoms with van der Waals surface area (Å²) in [6.45, 7) is 4.24. The summed E-state index contributed by atoms with van der Waals surface area (Å²) < 4.78 is 0. The maximum Gasteiger partial charge on any atom is 0.224 e. The van der Waals surface area contributed by atoms with Crippen molar-refractivity contribution in [3.63, 3.8) is 0 Å². The van der Waals surface area contributed by atoms with Crippen LogP contribution >= 0.6 is 0 Å². The normalized spacial score (nSPS) is 22.9. The van der Waals surface area contributed by atoms with Crippen molar-refractivity contribution in [3.8, 4) is 0 Å². The summed E-state index contributed by atoms with van der Waals surface area (Å²) in [6.07, 6.45) is 1.29. The first-order chi connectivity index (χ1) is 9.42. The van der Waals surface area contributed by atoms with Gasteiger partial charge in [0, 0.05) is 46.1 Å². The molecule has 1 fully saturated rings. The number of likely N-dealkylation sites (tertiary alicyclic amines) is 1. The molecule has 0 aliphatic carbocycles. The SMILES string of the molecule is CC(=O)NCCC(=O)N1C[C@H](CO)C[C@@H](CN(C)C)C1. The Morgan fingerprint density at radius 1 is 1.30 bits per heavy atom. The van der Waals surface area contributed by atoms with Gasteiger partial charge in [-0.25, -0.2) is 0 Å². The van der Waals surface area contributed by atoms with Crippen molar-refractivity contribution >= 4 is 11.8 Å². The molecule has 2 atom stereocenters. The number of carbonyl (C=O) groups is 2. The average Bonchev–Trinajstić information content (AvgIpc) is 2.36. The number of aliphatic hydroxyl groups excluding tert-OH is 1. The van der Waals surface area contributed by atoms with Crippen molar-refractivity contribution in [1.29, 1.82) is 0 Å². The van der Waals surface area contributed by atoms with Crippen molar-refractivity contribution in [3.05, 3.63) is 0 Å². The predicted octanol–water partition coefficient (Wildman–Crippen LogP) is -0.469. The highest BCUT2D eigenvalue weighted by atomic mass is 16.3. The molecule has 1 rings (SSSR count). The van der Waals surface area contributed by atoms with E-state index in [9.17, 15) is 14.7 Å². The standard InChI is InChI=1S/C14H27N3O3/c1-11(19)15-5-4-14(20)17-8-12(7-16(2)3)6-13(9-17)10-18/h12-13,18H,4-10H2,1-3H3,(H,15,19)/t12-,13+/m0/s1. The van der Waals surface area contributed by atoms with E-state index in [-0.39, 0.29) is 24.3 Å². The van der Waals surface area contributed by atoms with E-state index >= 15 is 0 Å². The van der Waals surface area contributed by atoms with Gasteiger partial charge in [0.25, 0.3) is 0 Å². The molecule has 0 saturated carbocycles. The molecular formula is C14H27N3O3. The summed E-state index contributed by atoms with van der Waals surface area (Å²) in [5.41, 5.74) is 0. The highest BCUT2D eigenvalue weighted by molar-refractivity contribution is 5.78. The Labute approximate surface area is 121 Å². The molecule has 0 aromatic heterocycles. The summed E-state index contributed by atoms with van der Waals surface area (Å²) >= 11 is 0. The second-order valence-electron chi connectivity index (χ2n) is 5.94. The molecule has 1 aliphatic rings. The Bertz CT molecular complexity index is 334. The van der Waals surface area contributed by atoms with Gasteiger partial charge in [0.15, 0.2) is 0 Å². The van der Waals surface area contributed by atoms with E-state index in [0.29, 0.717) is 25.4 Å². The number of nitrogens with one attached hydrogen (secondary N) is 1. The van der Waals surface area contributed by atoms with E-state index in [1.165, 1.54) is 6.92 Å². The van der Waals surface area contributed by atoms with Crippen LogP contribution in [-0.2, 0) is 9.59 Å². The van der Waals surface area contributed by atoms with E-state index < -0.39 is 0 Å². The first kappa shape index (κ1) is 16.9. The highest BCUT2D eigenvalue weighted by Crippen LogP contribution is 2.22. The lowest BCUT2D eigenvalue weighted by Gasteiger charge is -2.38. The zero-order valence-corrected chi connectivity index (χ0v) is 12.8. The van der Waals surface area contributed by atoms with Crippen LogP contribution in [0.2, 0.25) is 0 Å². The maximum absolute atomic E-state index is 12.2. The van der Waals surface area contributed by atoms with Crippen LogP contribution < -0.4 is 5.32 Å². The number of piperidine rings is 1. The summed E-state index contributed by atoms with van der Waals surface area (Å²) in [7, 11) is 4.04. The van der Waals surface area contributed by atoms with Gasteiger partial charge in [0.05, 0.1) is 0 Å². The summed E-state index contributed by atoms with van der Waals surface area (Å²) in [4.78, 5) is 26.9. The lowest BCUT2D eigenvalue weighted by atomic mass is 9.89. The van der Waals surface area contributed by atoms with Crippen molar-refractivity contribution in [1.82, 2.24) is 15.1 Å². The zero-order chi connectivity index (χ0) is 15.1. The van der Waals surface area contributed by atoms with E-state index in [0.717, 1.165) is 19.5 Å². The quantitative estimate of drug-likeness (QED) is 0.692. The minimum absolute atomic E-state index is 0.0562. The first-order valence-corrected chi connectivity index (χ1v) is 7.20. The number of aliphatic hydroxyl groups is 1. The van der Waals surface area contributed by atoms with Gasteiger partial charge in [-0.15, -0.1) is 0 Å². The smallest absolute Gasteiger partial charge is 0.224 e. The van der Waals surface area contributed by atoms with Crippen LogP contribution in [0.3, 0.4) is 0 Å². The molecule has 6 nitrogen and oxygen atoms in total. The molecule has 0 radical (unpaired) electrons. The van der Waals surface area contributed by atoms with Crippen LogP contribution in [0, 0.1) is 11.8 Å². The summed E-state index contributed by atoms with van der Waals surface area (Å²) in [5, 5.41) is 12.0. The fourth-order valence-corrected chi connectivity index (χ4v) is 2.81. The largest absolute Gasteiger partial charge is 0.396 e. The molecule has 0 aromatic rings. The molecule has 6 heteroatoms. The Morgan fingerprint density at radius 3 is 2.50 bits per heavy atom. The van der Waals surface area contributed by atoms with Gasteiger partial charge in [-0.3, -0.25) is 9.59 Å². The van der Waals surface area contributed by atoms with Crippen LogP contribution in [-0.4, -0.2) is 73.6 Å². The van der Waals surface area contributed by atoms with E-state index in [1.807, 2.05) is 19.0 Å². The molecule has 1 saturated heterocycles. The minimum atomic E-state index is -0.116. The number of amides is 2. The van der Waals surface area contributed by atoms with Gasteiger partial charge < -0.3 is 20.2 Å². The van der Waals surface area contributed by atoms with Crippen LogP contribution in [0.1, 0.15) is 19.8 Å². The molecule has 0 spiro atoms. The molecule has 1 aliphatic heterocycles. The molecule has 0 unspecified atom stereocenters. The van der Waals surface area contributed by atoms with Crippen LogP contribution in [0.15, 0.2) is 0 Å². The average molecular weight is 285 g/mol. The summed E-state index contributed by atoms with van der Waals surface area (Å²) in [6, 6.07) is 0. The maximum atomic E-state index is 12.2. The third-order valence-corrected chi connectivity index (χ3v) is 3.57. The van der Waals surface area contributed by atoms with Gasteiger partial charge in [-0.05, 0) is 32.4 Å². The molecule has 116 valence electrons. The molecule has 2 N–H and O–H groups in total. The van der Waals surface area contributed by atoms with Crippen LogP contribution in [0.25, 0.3) is 0 Å². The third-order valence-electron chi connectivity index (χ3n) is 3.57. The van der Waals surface area contributed by atoms with E-state index in [1.54, 1.807) is 0 Å². The Hall–Kier alpha value is -1.14. The number of nitrogens with zero attached hydrogens (tertiary/aromatic N) is 2. The topological polar surface area (TPSA) is 72.9 Å². The molecule has 20 heavy (non-hydrogen) atoms. The monoisotopic (exact) mass is 285 g/mol. The van der Waals surface area contributed by atoms with E-state index in [2.05, 4.69) is 10.2 Å². The third kappa shape index (κ3) is 5.88. The zero-order valence-electron chi connectivity index (χ0n) is 12.8. The number of rotatable bonds is 6. The Morgan fingerprint density at radius 2 is 1.95 bits per heavy atom. The first-order valence-electron chi connectivity index (χ1n) is 7.20. The van der Waals surface area contributed by atoms with Gasteiger partial charge >= 0.3 is 0 Å². The fraction of sp³-hybridized carbons (Fsp3) is 0.857. The number of hydrogen-bond acceptors (Lipinski definition) is 4. The number of carbonyl (C=O) groups excluding carboxylic acids is 2. The second-order valence-corrected chi connectivity index (χ2v) is 5.94. The molecule has 2 amide bonds. The van der Waals surface area contributed by atoms with Gasteiger partial charge in [0.2, 0.25) is 11.8 Å². The van der Waals surface area contributed by atoms with Crippen molar-refractivity contribution in [2.75, 3.05) is 46.9 Å². The fourth-order valence-electron chi connectivity index (χ4n) is 2.81. The van der Waals surface area contributed by atoms with Crippen molar-refractivity contribution in [2.45, 2.75) is 19.8 Å². The predicted molar refractivity (Wildman–Crippen MR) is 77.1 cm³/mol. The van der Waals surface area contributed by atoms with Crippen molar-refractivity contribution < 1.29 is 14.7 Å². The molecule has 1 heterocycles. The molecule has 0 bridgehead atoms. The highest BCUT2D eigenvalue weighted by Gasteiger charge is 2.29. The molecular weight excluding hydrogens is 258 g/mol. The van der Waals surface area contributed by atoms with Crippen LogP contribution in [0.4, 0.5) is 0 Å². The molecule has 0 aromatic carbocycles. The minimum Gasteiger partial charge on any atom is -0.396 e. The Balaban J connectivity index is 2.49. The number of hydrogen-bond donors (Lipinski definition) is 2. The summed E-state index contributed by atoms with van der Waals surface area (Å²) in [5.74, 6) is 0.509. The van der Waals surface area contributed by atoms with Gasteiger partial charge in [-0.2, -0.15) is 0 Å². The van der Waals surface area contributed by atoms with Crippen molar-refractivity contribution in [2.24, 2.45) is 11.8 Å². The lowest BCUT2D eigenvalue weighted by molar-refractivity contribution is -0.134. The Kier molecular flexibility index (Phi) is 6.95. The van der Waals surface area contributed by atoms with Gasteiger partial charge in [-0.1, -0.05) is 0 Å². The van der Waals surface area contributed by atoms with Crippen LogP contribution in [0.5, 0.6) is 0 Å². The van der Waals surface area contributed by atoms with Gasteiger partial charge in [0.1, 0.15) is 0 Å². The van der Waals surface area contributed by atoms with E-state index in [4.69, 9.17) is 0 Å². The lowest BCUT2D eigenvalue weighted by Crippen LogP contribution is -2.47. The second kappa shape index (κ2) is 8.21.